The van der Waals surface area contributed by atoms with Crippen LogP contribution in [0.5, 0.6) is 0 Å². The Morgan fingerprint density at radius 1 is 1.24 bits per heavy atom. The monoisotopic (exact) mass is 229 g/mol. The van der Waals surface area contributed by atoms with E-state index in [4.69, 9.17) is 0 Å². The number of nitrogens with one attached hydrogen (secondary N) is 1. The first kappa shape index (κ1) is 12.4. The molecule has 0 heterocycles. The summed E-state index contributed by atoms with van der Waals surface area (Å²) in [7, 11) is 0. The van der Waals surface area contributed by atoms with Crippen LogP contribution >= 0.6 is 0 Å². The lowest BCUT2D eigenvalue weighted by Crippen LogP contribution is -2.14. The van der Waals surface area contributed by atoms with Crippen LogP contribution in [0, 0.1) is 5.92 Å². The molecule has 0 amide bonds. The average Bonchev–Trinajstić information content (AvgIpc) is 3.14. The summed E-state index contributed by atoms with van der Waals surface area (Å²) in [6.07, 6.45) is 8.48. The molecule has 1 heteroatoms. The van der Waals surface area contributed by atoms with Crippen LogP contribution in [0.1, 0.15) is 37.7 Å². The van der Waals surface area contributed by atoms with Gasteiger partial charge in [0.1, 0.15) is 0 Å². The Labute approximate surface area is 105 Å². The fraction of sp³-hybridized carbons (Fsp3) is 0.500. The number of rotatable bonds is 7. The van der Waals surface area contributed by atoms with Gasteiger partial charge >= 0.3 is 0 Å². The van der Waals surface area contributed by atoms with E-state index in [-0.39, 0.29) is 0 Å². The summed E-state index contributed by atoms with van der Waals surface area (Å²) in [6, 6.07) is 10.9. The zero-order valence-electron chi connectivity index (χ0n) is 10.7. The summed E-state index contributed by atoms with van der Waals surface area (Å²) in [5, 5.41) is 3.42. The molecule has 1 aromatic carbocycles. The summed E-state index contributed by atoms with van der Waals surface area (Å²) in [4.78, 5) is 0. The smallest absolute Gasteiger partial charge is 0.00143 e. The van der Waals surface area contributed by atoms with Crippen LogP contribution in [-0.2, 0) is 0 Å². The van der Waals surface area contributed by atoms with E-state index in [1.807, 2.05) is 0 Å². The minimum Gasteiger partial charge on any atom is -0.316 e. The van der Waals surface area contributed by atoms with Crippen LogP contribution in [0.2, 0.25) is 0 Å². The highest BCUT2D eigenvalue weighted by Crippen LogP contribution is 2.48. The van der Waals surface area contributed by atoms with Gasteiger partial charge in [0.15, 0.2) is 0 Å². The highest BCUT2D eigenvalue weighted by atomic mass is 14.8. The lowest BCUT2D eigenvalue weighted by molar-refractivity contribution is 0.677. The molecule has 1 nitrogen and oxygen atoms in total. The zero-order chi connectivity index (χ0) is 11.9. The highest BCUT2D eigenvalue weighted by Gasteiger charge is 2.35. The Bertz CT molecular complexity index is 342. The molecule has 1 fully saturated rings. The molecule has 92 valence electrons. The van der Waals surface area contributed by atoms with Gasteiger partial charge in [-0.25, -0.2) is 0 Å². The van der Waals surface area contributed by atoms with E-state index in [1.54, 1.807) is 0 Å². The van der Waals surface area contributed by atoms with Crippen molar-refractivity contribution in [3.05, 3.63) is 48.0 Å². The molecule has 2 rings (SSSR count). The molecular weight excluding hydrogens is 206 g/mol. The van der Waals surface area contributed by atoms with Crippen molar-refractivity contribution in [2.75, 3.05) is 13.1 Å². The fourth-order valence-corrected chi connectivity index (χ4v) is 2.27. The number of allylic oxidation sites excluding steroid dienone is 1. The lowest BCUT2D eigenvalue weighted by Gasteiger charge is -1.98. The van der Waals surface area contributed by atoms with Crippen LogP contribution in [0.15, 0.2) is 42.5 Å². The van der Waals surface area contributed by atoms with Gasteiger partial charge in [0.25, 0.3) is 0 Å². The largest absolute Gasteiger partial charge is 0.316 e. The quantitative estimate of drug-likeness (QED) is 0.555. The van der Waals surface area contributed by atoms with Crippen LogP contribution in [0.3, 0.4) is 0 Å². The van der Waals surface area contributed by atoms with Crippen molar-refractivity contribution in [1.82, 2.24) is 5.32 Å². The summed E-state index contributed by atoms with van der Waals surface area (Å²) < 4.78 is 0. The SMILES string of the molecule is CCCNCC/C=C/C1CC1c1ccccc1. The van der Waals surface area contributed by atoms with Crippen molar-refractivity contribution in [2.45, 2.75) is 32.1 Å². The van der Waals surface area contributed by atoms with Gasteiger partial charge in [0.05, 0.1) is 0 Å². The molecule has 1 aromatic rings. The first-order chi connectivity index (χ1) is 8.42. The first-order valence-corrected chi connectivity index (χ1v) is 6.84. The fourth-order valence-electron chi connectivity index (χ4n) is 2.27. The van der Waals surface area contributed by atoms with Gasteiger partial charge in [0, 0.05) is 0 Å². The van der Waals surface area contributed by atoms with Gasteiger partial charge in [-0.1, -0.05) is 49.4 Å². The van der Waals surface area contributed by atoms with Crippen molar-refractivity contribution in [3.63, 3.8) is 0 Å². The van der Waals surface area contributed by atoms with Crippen molar-refractivity contribution in [3.8, 4) is 0 Å². The van der Waals surface area contributed by atoms with E-state index >= 15 is 0 Å². The third-order valence-electron chi connectivity index (χ3n) is 3.37. The maximum Gasteiger partial charge on any atom is -0.00143 e. The molecule has 1 N–H and O–H groups in total. The maximum absolute atomic E-state index is 3.42. The predicted molar refractivity (Wildman–Crippen MR) is 74.2 cm³/mol. The minimum atomic E-state index is 0.788. The van der Waals surface area contributed by atoms with Gasteiger partial charge in [-0.05, 0) is 49.8 Å². The molecule has 0 saturated heterocycles. The normalized spacial score (nSPS) is 23.1. The third-order valence-corrected chi connectivity index (χ3v) is 3.37. The second-order valence-corrected chi connectivity index (χ2v) is 4.88. The Hall–Kier alpha value is -1.08. The van der Waals surface area contributed by atoms with Gasteiger partial charge < -0.3 is 5.32 Å². The van der Waals surface area contributed by atoms with Gasteiger partial charge in [-0.2, -0.15) is 0 Å². The number of hydrogen-bond acceptors (Lipinski definition) is 1. The standard InChI is InChI=1S/C16H23N/c1-2-11-17-12-7-6-10-15-13-16(15)14-8-4-3-5-9-14/h3-6,8-10,15-17H,2,7,11-13H2,1H3/b10-6+. The Balaban J connectivity index is 1.64. The van der Waals surface area contributed by atoms with E-state index in [0.29, 0.717) is 0 Å². The molecule has 1 aliphatic carbocycles. The molecule has 0 bridgehead atoms. The van der Waals surface area contributed by atoms with Crippen LogP contribution in [0.4, 0.5) is 0 Å². The first-order valence-electron chi connectivity index (χ1n) is 6.84. The molecule has 17 heavy (non-hydrogen) atoms. The molecule has 1 aliphatic rings. The topological polar surface area (TPSA) is 12.0 Å². The molecule has 0 spiro atoms. The van der Waals surface area contributed by atoms with Crippen LogP contribution in [0.25, 0.3) is 0 Å². The van der Waals surface area contributed by atoms with Crippen LogP contribution < -0.4 is 5.32 Å². The highest BCUT2D eigenvalue weighted by molar-refractivity contribution is 5.28. The Kier molecular flexibility index (Phi) is 4.81. The average molecular weight is 229 g/mol. The lowest BCUT2D eigenvalue weighted by atomic mass is 10.1. The second kappa shape index (κ2) is 6.61. The summed E-state index contributed by atoms with van der Waals surface area (Å²) in [5.74, 6) is 1.58. The minimum absolute atomic E-state index is 0.788. The summed E-state index contributed by atoms with van der Waals surface area (Å²) in [5.41, 5.74) is 1.51. The van der Waals surface area contributed by atoms with E-state index in [1.165, 1.54) is 18.4 Å². The maximum atomic E-state index is 3.42. The Morgan fingerprint density at radius 2 is 2.06 bits per heavy atom. The summed E-state index contributed by atoms with van der Waals surface area (Å²) in [6.45, 7) is 4.47. The summed E-state index contributed by atoms with van der Waals surface area (Å²) >= 11 is 0. The zero-order valence-corrected chi connectivity index (χ0v) is 10.7. The van der Waals surface area contributed by atoms with Crippen molar-refractivity contribution < 1.29 is 0 Å². The van der Waals surface area contributed by atoms with Crippen LogP contribution in [-0.4, -0.2) is 13.1 Å². The molecule has 0 aliphatic heterocycles. The van der Waals surface area contributed by atoms with Gasteiger partial charge in [-0.15, -0.1) is 0 Å². The van der Waals surface area contributed by atoms with Crippen molar-refractivity contribution in [1.29, 1.82) is 0 Å². The van der Waals surface area contributed by atoms with Crippen molar-refractivity contribution >= 4 is 0 Å². The molecular formula is C16H23N. The number of benzene rings is 1. The van der Waals surface area contributed by atoms with E-state index in [0.717, 1.165) is 31.3 Å². The molecule has 0 aromatic heterocycles. The second-order valence-electron chi connectivity index (χ2n) is 4.88. The molecule has 2 atom stereocenters. The molecule has 2 unspecified atom stereocenters. The molecule has 0 radical (unpaired) electrons. The van der Waals surface area contributed by atoms with Gasteiger partial charge in [0.2, 0.25) is 0 Å². The van der Waals surface area contributed by atoms with Gasteiger partial charge in [-0.3, -0.25) is 0 Å². The third kappa shape index (κ3) is 4.01. The number of hydrogen-bond donors (Lipinski definition) is 1. The molecule has 1 saturated carbocycles. The van der Waals surface area contributed by atoms with Crippen molar-refractivity contribution in [2.24, 2.45) is 5.92 Å². The van der Waals surface area contributed by atoms with E-state index in [9.17, 15) is 0 Å². The Morgan fingerprint density at radius 3 is 2.82 bits per heavy atom. The predicted octanol–water partition coefficient (Wildman–Crippen LogP) is 3.74. The van der Waals surface area contributed by atoms with E-state index in [2.05, 4.69) is 54.7 Å². The van der Waals surface area contributed by atoms with E-state index < -0.39 is 0 Å².